The molecule has 0 heterocycles. The Morgan fingerprint density at radius 3 is 2.55 bits per heavy atom. The van der Waals surface area contributed by atoms with Crippen LogP contribution in [-0.2, 0) is 4.79 Å². The second-order valence-corrected chi connectivity index (χ2v) is 4.58. The SMILES string of the molecule is O=C(COc1ccc(F)cc1F)NC(CO)c1ccccc1. The summed E-state index contributed by atoms with van der Waals surface area (Å²) in [5.74, 6) is -2.34. The Kier molecular flexibility index (Phi) is 5.43. The molecular formula is C16H15F2NO3. The van der Waals surface area contributed by atoms with E-state index in [-0.39, 0.29) is 12.4 Å². The molecule has 0 saturated carbocycles. The highest BCUT2D eigenvalue weighted by molar-refractivity contribution is 5.78. The molecule has 2 rings (SSSR count). The first kappa shape index (κ1) is 15.9. The Morgan fingerprint density at radius 1 is 1.18 bits per heavy atom. The Labute approximate surface area is 126 Å². The number of aliphatic hydroxyl groups excluding tert-OH is 1. The van der Waals surface area contributed by atoms with E-state index in [9.17, 15) is 18.7 Å². The number of amides is 1. The van der Waals surface area contributed by atoms with Crippen LogP contribution < -0.4 is 10.1 Å². The molecular weight excluding hydrogens is 292 g/mol. The van der Waals surface area contributed by atoms with Crippen molar-refractivity contribution in [3.05, 3.63) is 65.7 Å². The Bertz CT molecular complexity index is 635. The van der Waals surface area contributed by atoms with Crippen LogP contribution >= 0.6 is 0 Å². The maximum atomic E-state index is 13.4. The van der Waals surface area contributed by atoms with Crippen molar-refractivity contribution in [2.24, 2.45) is 0 Å². The number of nitrogens with one attached hydrogen (secondary N) is 1. The summed E-state index contributed by atoms with van der Waals surface area (Å²) >= 11 is 0. The first-order valence-electron chi connectivity index (χ1n) is 6.63. The van der Waals surface area contributed by atoms with Gasteiger partial charge in [0, 0.05) is 6.07 Å². The van der Waals surface area contributed by atoms with Crippen molar-refractivity contribution < 1.29 is 23.4 Å². The predicted molar refractivity (Wildman–Crippen MR) is 76.3 cm³/mol. The third-order valence-electron chi connectivity index (χ3n) is 2.97. The molecule has 2 aromatic carbocycles. The molecule has 0 aliphatic heterocycles. The number of halogens is 2. The van der Waals surface area contributed by atoms with Gasteiger partial charge in [-0.25, -0.2) is 8.78 Å². The van der Waals surface area contributed by atoms with Gasteiger partial charge >= 0.3 is 0 Å². The maximum absolute atomic E-state index is 13.4. The number of aliphatic hydroxyl groups is 1. The lowest BCUT2D eigenvalue weighted by molar-refractivity contribution is -0.124. The van der Waals surface area contributed by atoms with Crippen molar-refractivity contribution in [2.45, 2.75) is 6.04 Å². The van der Waals surface area contributed by atoms with Crippen LogP contribution in [0.4, 0.5) is 8.78 Å². The molecule has 1 amide bonds. The smallest absolute Gasteiger partial charge is 0.258 e. The lowest BCUT2D eigenvalue weighted by atomic mass is 10.1. The first-order valence-corrected chi connectivity index (χ1v) is 6.63. The molecule has 4 nitrogen and oxygen atoms in total. The quantitative estimate of drug-likeness (QED) is 0.860. The lowest BCUT2D eigenvalue weighted by Crippen LogP contribution is -2.34. The van der Waals surface area contributed by atoms with Crippen LogP contribution in [0, 0.1) is 11.6 Å². The average molecular weight is 307 g/mol. The minimum atomic E-state index is -0.880. The highest BCUT2D eigenvalue weighted by Gasteiger charge is 2.14. The molecule has 0 aliphatic carbocycles. The number of hydrogen-bond acceptors (Lipinski definition) is 3. The largest absolute Gasteiger partial charge is 0.481 e. The number of carbonyl (C=O) groups is 1. The fourth-order valence-corrected chi connectivity index (χ4v) is 1.89. The number of ether oxygens (including phenoxy) is 1. The fourth-order valence-electron chi connectivity index (χ4n) is 1.89. The van der Waals surface area contributed by atoms with E-state index in [1.807, 2.05) is 6.07 Å². The molecule has 0 fully saturated rings. The maximum Gasteiger partial charge on any atom is 0.258 e. The zero-order valence-corrected chi connectivity index (χ0v) is 11.6. The van der Waals surface area contributed by atoms with Gasteiger partial charge in [-0.3, -0.25) is 4.79 Å². The van der Waals surface area contributed by atoms with Gasteiger partial charge < -0.3 is 15.2 Å². The minimum Gasteiger partial charge on any atom is -0.481 e. The predicted octanol–water partition coefficient (Wildman–Crippen LogP) is 2.19. The molecule has 0 radical (unpaired) electrons. The summed E-state index contributed by atoms with van der Waals surface area (Å²) in [6, 6.07) is 11.2. The van der Waals surface area contributed by atoms with Gasteiger partial charge in [-0.1, -0.05) is 30.3 Å². The minimum absolute atomic E-state index is 0.211. The second-order valence-electron chi connectivity index (χ2n) is 4.58. The molecule has 2 aromatic rings. The monoisotopic (exact) mass is 307 g/mol. The molecule has 0 aromatic heterocycles. The third-order valence-corrected chi connectivity index (χ3v) is 2.97. The van der Waals surface area contributed by atoms with Crippen molar-refractivity contribution in [1.82, 2.24) is 5.32 Å². The zero-order chi connectivity index (χ0) is 15.9. The standard InChI is InChI=1S/C16H15F2NO3/c17-12-6-7-15(13(18)8-12)22-10-16(21)19-14(9-20)11-4-2-1-3-5-11/h1-8,14,20H,9-10H2,(H,19,21). The molecule has 0 aliphatic rings. The van der Waals surface area contributed by atoms with Gasteiger partial charge in [-0.2, -0.15) is 0 Å². The first-order chi connectivity index (χ1) is 10.6. The van der Waals surface area contributed by atoms with Crippen LogP contribution in [0.1, 0.15) is 11.6 Å². The van der Waals surface area contributed by atoms with Crippen LogP contribution in [0.2, 0.25) is 0 Å². The van der Waals surface area contributed by atoms with Crippen molar-refractivity contribution in [2.75, 3.05) is 13.2 Å². The lowest BCUT2D eigenvalue weighted by Gasteiger charge is -2.17. The summed E-state index contributed by atoms with van der Waals surface area (Å²) in [5.41, 5.74) is 0.742. The van der Waals surface area contributed by atoms with E-state index in [2.05, 4.69) is 5.32 Å². The third kappa shape index (κ3) is 4.26. The van der Waals surface area contributed by atoms with Crippen LogP contribution in [0.25, 0.3) is 0 Å². The van der Waals surface area contributed by atoms with Gasteiger partial charge in [-0.15, -0.1) is 0 Å². The summed E-state index contributed by atoms with van der Waals surface area (Å²) in [6.45, 7) is -0.716. The molecule has 2 N–H and O–H groups in total. The van der Waals surface area contributed by atoms with E-state index in [1.54, 1.807) is 24.3 Å². The van der Waals surface area contributed by atoms with E-state index in [1.165, 1.54) is 0 Å². The highest BCUT2D eigenvalue weighted by Crippen LogP contribution is 2.17. The van der Waals surface area contributed by atoms with Crippen molar-refractivity contribution >= 4 is 5.91 Å². The van der Waals surface area contributed by atoms with Gasteiger partial charge in [0.05, 0.1) is 12.6 Å². The number of hydrogen-bond donors (Lipinski definition) is 2. The van der Waals surface area contributed by atoms with Crippen molar-refractivity contribution in [1.29, 1.82) is 0 Å². The van der Waals surface area contributed by atoms with Gasteiger partial charge in [-0.05, 0) is 17.7 Å². The zero-order valence-electron chi connectivity index (χ0n) is 11.6. The molecule has 22 heavy (non-hydrogen) atoms. The van der Waals surface area contributed by atoms with Gasteiger partial charge in [0.2, 0.25) is 0 Å². The number of carbonyl (C=O) groups excluding carboxylic acids is 1. The second kappa shape index (κ2) is 7.51. The van der Waals surface area contributed by atoms with Crippen molar-refractivity contribution in [3.63, 3.8) is 0 Å². The van der Waals surface area contributed by atoms with Crippen molar-refractivity contribution in [3.8, 4) is 5.75 Å². The Hall–Kier alpha value is -2.47. The van der Waals surface area contributed by atoms with Crippen LogP contribution in [0.3, 0.4) is 0 Å². The van der Waals surface area contributed by atoms with E-state index in [0.717, 1.165) is 17.7 Å². The Morgan fingerprint density at radius 2 is 1.91 bits per heavy atom. The molecule has 1 atom stereocenters. The molecule has 0 saturated heterocycles. The summed E-state index contributed by atoms with van der Waals surface area (Å²) in [6.07, 6.45) is 0. The van der Waals surface area contributed by atoms with E-state index < -0.39 is 30.2 Å². The molecule has 1 unspecified atom stereocenters. The van der Waals surface area contributed by atoms with Crippen LogP contribution in [0.15, 0.2) is 48.5 Å². The number of rotatable bonds is 6. The fraction of sp³-hybridized carbons (Fsp3) is 0.188. The average Bonchev–Trinajstić information content (AvgIpc) is 2.52. The summed E-state index contributed by atoms with van der Waals surface area (Å²) in [5, 5.41) is 11.9. The normalized spacial score (nSPS) is 11.8. The molecule has 0 bridgehead atoms. The Balaban J connectivity index is 1.92. The van der Waals surface area contributed by atoms with Crippen LogP contribution in [-0.4, -0.2) is 24.2 Å². The highest BCUT2D eigenvalue weighted by atomic mass is 19.1. The van der Waals surface area contributed by atoms with Gasteiger partial charge in [0.25, 0.3) is 5.91 Å². The van der Waals surface area contributed by atoms with E-state index >= 15 is 0 Å². The summed E-state index contributed by atoms with van der Waals surface area (Å²) < 4.78 is 31.1. The molecule has 6 heteroatoms. The van der Waals surface area contributed by atoms with E-state index in [0.29, 0.717) is 6.07 Å². The summed E-state index contributed by atoms with van der Waals surface area (Å²) in [4.78, 5) is 11.8. The van der Waals surface area contributed by atoms with Crippen LogP contribution in [0.5, 0.6) is 5.75 Å². The van der Waals surface area contributed by atoms with Gasteiger partial charge in [0.15, 0.2) is 18.2 Å². The molecule has 0 spiro atoms. The summed E-state index contributed by atoms with van der Waals surface area (Å²) in [7, 11) is 0. The molecule has 116 valence electrons. The number of benzene rings is 2. The van der Waals surface area contributed by atoms with E-state index in [4.69, 9.17) is 4.74 Å². The van der Waals surface area contributed by atoms with Gasteiger partial charge in [0.1, 0.15) is 5.82 Å². The topological polar surface area (TPSA) is 58.6 Å².